The number of aromatic nitrogens is 1. The lowest BCUT2D eigenvalue weighted by Crippen LogP contribution is -2.51. The number of fused-ring (bicyclic) bond motifs is 1. The van der Waals surface area contributed by atoms with Crippen LogP contribution >= 0.6 is 11.8 Å². The highest BCUT2D eigenvalue weighted by Crippen LogP contribution is 2.33. The highest BCUT2D eigenvalue weighted by Gasteiger charge is 2.42. The van der Waals surface area contributed by atoms with Crippen LogP contribution in [0.25, 0.3) is 0 Å². The Bertz CT molecular complexity index is 1500. The van der Waals surface area contributed by atoms with Gasteiger partial charge < -0.3 is 47.2 Å². The van der Waals surface area contributed by atoms with E-state index < -0.39 is 12.1 Å². The lowest BCUT2D eigenvalue weighted by atomic mass is 10.0. The van der Waals surface area contributed by atoms with E-state index >= 15 is 0 Å². The maximum absolute atomic E-state index is 13.1. The van der Waals surface area contributed by atoms with Crippen molar-refractivity contribution in [1.82, 2.24) is 47.1 Å². The van der Waals surface area contributed by atoms with Crippen molar-refractivity contribution in [2.45, 2.75) is 132 Å². The van der Waals surface area contributed by atoms with Crippen molar-refractivity contribution in [1.29, 1.82) is 0 Å². The number of carbonyl (C=O) groups is 7. The third kappa shape index (κ3) is 16.8. The molecule has 1 aromatic heterocycles. The van der Waals surface area contributed by atoms with E-state index in [1.54, 1.807) is 17.0 Å². The second-order valence-electron chi connectivity index (χ2n) is 15.2. The van der Waals surface area contributed by atoms with Crippen molar-refractivity contribution in [3.63, 3.8) is 0 Å². The molecule has 3 aliphatic rings. The lowest BCUT2D eigenvalue weighted by molar-refractivity contribution is -0.139. The van der Waals surface area contributed by atoms with Gasteiger partial charge in [0.05, 0.1) is 12.1 Å². The predicted octanol–water partition coefficient (Wildman–Crippen LogP) is 1.31. The topological polar surface area (TPSA) is 240 Å². The Morgan fingerprint density at radius 1 is 0.707 bits per heavy atom. The normalized spacial score (nSPS) is 19.3. The van der Waals surface area contributed by atoms with Gasteiger partial charge in [0.2, 0.25) is 35.4 Å². The molecule has 0 radical (unpaired) electrons. The van der Waals surface area contributed by atoms with Gasteiger partial charge in [-0.3, -0.25) is 33.8 Å². The molecular formula is C40H63N9O8S. The van der Waals surface area contributed by atoms with E-state index in [9.17, 15) is 38.7 Å². The molecule has 3 aliphatic heterocycles. The van der Waals surface area contributed by atoms with Crippen LogP contribution in [0.3, 0.4) is 0 Å². The van der Waals surface area contributed by atoms with E-state index in [1.165, 1.54) is 12.4 Å². The Labute approximate surface area is 345 Å². The van der Waals surface area contributed by atoms with Gasteiger partial charge in [0, 0.05) is 94.8 Å². The molecule has 0 aromatic carbocycles. The Balaban J connectivity index is 0.914. The van der Waals surface area contributed by atoms with Gasteiger partial charge in [-0.25, -0.2) is 4.79 Å². The first-order valence-electron chi connectivity index (χ1n) is 21.0. The third-order valence-electron chi connectivity index (χ3n) is 10.6. The maximum atomic E-state index is 13.1. The Hall–Kier alpha value is -4.45. The van der Waals surface area contributed by atoms with Crippen LogP contribution in [0.15, 0.2) is 24.5 Å². The first-order valence-corrected chi connectivity index (χ1v) is 22.1. The van der Waals surface area contributed by atoms with Gasteiger partial charge >= 0.3 is 6.03 Å². The zero-order valence-corrected chi connectivity index (χ0v) is 34.4. The average Bonchev–Trinajstić information content (AvgIpc) is 3.98. The standard InChI is InChI=1S/C40H63N9O8S/c50-31(12-4-3-11-30-36-29(27-58-30)46-40(57)48-36)43-20-9-15-33(52)45-22-10-16-34(53)44-21-8-14-32(51)42-19-5-1-2-13-35(54)47-37(39(56)49-25-6-7-26-49)38(55)28-17-23-41-24-18-28/h17-18,23-24,29-30,36-38,55H,1-16,19-22,25-27H2,(H,42,51)(H,43,50)(H,44,53)(H,45,52)(H,47,54)(H2,46,48,57)/t29-,30-,36-,37+,38-/m0/s1. The number of hydrogen-bond donors (Lipinski definition) is 8. The molecule has 58 heavy (non-hydrogen) atoms. The fourth-order valence-corrected chi connectivity index (χ4v) is 8.83. The summed E-state index contributed by atoms with van der Waals surface area (Å²) >= 11 is 1.87. The molecule has 17 nitrogen and oxygen atoms in total. The van der Waals surface area contributed by atoms with Crippen molar-refractivity contribution in [2.24, 2.45) is 0 Å². The molecule has 4 heterocycles. The number of hydrogen-bond acceptors (Lipinski definition) is 10. The number of nitrogens with zero attached hydrogens (tertiary/aromatic N) is 2. The summed E-state index contributed by atoms with van der Waals surface area (Å²) in [4.78, 5) is 91.6. The Morgan fingerprint density at radius 3 is 1.81 bits per heavy atom. The van der Waals surface area contributed by atoms with Crippen LogP contribution in [0.4, 0.5) is 4.79 Å². The van der Waals surface area contributed by atoms with E-state index in [2.05, 4.69) is 42.2 Å². The van der Waals surface area contributed by atoms with E-state index in [4.69, 9.17) is 0 Å². The summed E-state index contributed by atoms with van der Waals surface area (Å²) in [6.07, 6.45) is 11.3. The number of likely N-dealkylation sites (tertiary alicyclic amines) is 1. The molecule has 0 aliphatic carbocycles. The minimum Gasteiger partial charge on any atom is -0.386 e. The number of pyridine rings is 1. The van der Waals surface area contributed by atoms with Gasteiger partial charge in [-0.1, -0.05) is 12.8 Å². The number of aliphatic hydroxyl groups is 1. The monoisotopic (exact) mass is 829 g/mol. The van der Waals surface area contributed by atoms with E-state index in [0.29, 0.717) is 95.0 Å². The Morgan fingerprint density at radius 2 is 1.22 bits per heavy atom. The minimum absolute atomic E-state index is 0.0230. The third-order valence-corrected chi connectivity index (χ3v) is 12.1. The second-order valence-corrected chi connectivity index (χ2v) is 16.5. The molecule has 0 saturated carbocycles. The highest BCUT2D eigenvalue weighted by atomic mass is 32.2. The quantitative estimate of drug-likeness (QED) is 0.0468. The van der Waals surface area contributed by atoms with E-state index in [1.807, 2.05) is 11.8 Å². The fraction of sp³-hybridized carbons (Fsp3) is 0.700. The van der Waals surface area contributed by atoms with Crippen LogP contribution in [0.2, 0.25) is 0 Å². The van der Waals surface area contributed by atoms with Gasteiger partial charge in [0.1, 0.15) is 12.1 Å². The largest absolute Gasteiger partial charge is 0.386 e. The van der Waals surface area contributed by atoms with Crippen LogP contribution in [0.1, 0.15) is 114 Å². The zero-order chi connectivity index (χ0) is 41.5. The molecular weight excluding hydrogens is 767 g/mol. The minimum atomic E-state index is -1.19. The molecule has 8 N–H and O–H groups in total. The van der Waals surface area contributed by atoms with Gasteiger partial charge in [0.25, 0.3) is 0 Å². The Kier molecular flexibility index (Phi) is 20.6. The number of nitrogens with one attached hydrogen (secondary N) is 7. The number of rotatable bonds is 27. The molecule has 18 heteroatoms. The molecule has 0 unspecified atom stereocenters. The van der Waals surface area contributed by atoms with E-state index in [-0.39, 0.29) is 79.2 Å². The number of urea groups is 1. The van der Waals surface area contributed by atoms with Gasteiger partial charge in [-0.15, -0.1) is 0 Å². The lowest BCUT2D eigenvalue weighted by Gasteiger charge is -2.28. The summed E-state index contributed by atoms with van der Waals surface area (Å²) in [5, 5.41) is 31.3. The SMILES string of the molecule is O=C(CCCC[C@@H]1SC[C@@H]2NC(=O)N[C@@H]21)NCCCC(=O)NCCCC(=O)NCCCC(=O)NCCCCCC(=O)N[C@@H](C(=O)N1CCCC1)[C@@H](O)c1ccncc1. The van der Waals surface area contributed by atoms with Crippen molar-refractivity contribution < 1.29 is 38.7 Å². The van der Waals surface area contributed by atoms with Gasteiger partial charge in [-0.2, -0.15) is 11.8 Å². The first-order chi connectivity index (χ1) is 28.1. The summed E-state index contributed by atoms with van der Waals surface area (Å²) in [5.41, 5.74) is 0.508. The predicted molar refractivity (Wildman–Crippen MR) is 219 cm³/mol. The van der Waals surface area contributed by atoms with Gasteiger partial charge in [-0.05, 0) is 75.5 Å². The van der Waals surface area contributed by atoms with Crippen LogP contribution < -0.4 is 37.2 Å². The summed E-state index contributed by atoms with van der Waals surface area (Å²) < 4.78 is 0. The molecule has 0 spiro atoms. The molecule has 1 aromatic rings. The molecule has 8 amide bonds. The smallest absolute Gasteiger partial charge is 0.315 e. The van der Waals surface area contributed by atoms with Crippen molar-refractivity contribution in [3.8, 4) is 0 Å². The number of unbranched alkanes of at least 4 members (excludes halogenated alkanes) is 3. The molecule has 322 valence electrons. The molecule has 3 saturated heterocycles. The van der Waals surface area contributed by atoms with Gasteiger partial charge in [0.15, 0.2) is 0 Å². The van der Waals surface area contributed by atoms with Crippen LogP contribution in [0.5, 0.6) is 0 Å². The first kappa shape index (κ1) is 46.2. The number of aliphatic hydroxyl groups excluding tert-OH is 1. The summed E-state index contributed by atoms with van der Waals surface area (Å²) in [7, 11) is 0. The van der Waals surface area contributed by atoms with Crippen LogP contribution in [-0.2, 0) is 28.8 Å². The molecule has 0 bridgehead atoms. The van der Waals surface area contributed by atoms with Crippen molar-refractivity contribution >= 4 is 53.2 Å². The fourth-order valence-electron chi connectivity index (χ4n) is 7.28. The van der Waals surface area contributed by atoms with Crippen LogP contribution in [0, 0.1) is 0 Å². The zero-order valence-electron chi connectivity index (χ0n) is 33.6. The molecule has 3 fully saturated rings. The average molecular weight is 830 g/mol. The molecule has 5 atom stereocenters. The van der Waals surface area contributed by atoms with E-state index in [0.717, 1.165) is 37.9 Å². The summed E-state index contributed by atoms with van der Waals surface area (Å²) in [5.74, 6) is -0.0859. The number of amides is 8. The number of carbonyl (C=O) groups excluding carboxylic acids is 7. The second kappa shape index (κ2) is 25.8. The molecule has 4 rings (SSSR count). The van der Waals surface area contributed by atoms with Crippen molar-refractivity contribution in [2.75, 3.05) is 45.0 Å². The van der Waals surface area contributed by atoms with Crippen LogP contribution in [-0.4, -0.2) is 125 Å². The summed E-state index contributed by atoms with van der Waals surface area (Å²) in [6.45, 7) is 2.86. The highest BCUT2D eigenvalue weighted by molar-refractivity contribution is 8.00. The maximum Gasteiger partial charge on any atom is 0.315 e. The summed E-state index contributed by atoms with van der Waals surface area (Å²) in [6, 6.07) is 2.48. The van der Waals surface area contributed by atoms with Crippen molar-refractivity contribution in [3.05, 3.63) is 30.1 Å². The number of thioether (sulfide) groups is 1.